The van der Waals surface area contributed by atoms with Gasteiger partial charge in [-0.15, -0.1) is 0 Å². The van der Waals surface area contributed by atoms with Crippen molar-refractivity contribution >= 4 is 46.4 Å². The molecule has 14 heteroatoms. The lowest BCUT2D eigenvalue weighted by Gasteiger charge is -2.23. The van der Waals surface area contributed by atoms with Crippen molar-refractivity contribution in [1.29, 1.82) is 0 Å². The lowest BCUT2D eigenvalue weighted by Crippen LogP contribution is -2.40. The van der Waals surface area contributed by atoms with Gasteiger partial charge in [0.2, 0.25) is 5.28 Å². The van der Waals surface area contributed by atoms with E-state index in [0.29, 0.717) is 11.2 Å². The molecule has 1 saturated carbocycles. The van der Waals surface area contributed by atoms with Gasteiger partial charge in [0, 0.05) is 20.8 Å². The Hall–Kier alpha value is -3.03. The molecule has 0 amide bonds. The molecular formula is C21H26ClN5O8. The summed E-state index contributed by atoms with van der Waals surface area (Å²) in [5.74, 6) is -1.50. The maximum atomic E-state index is 11.9. The number of esters is 3. The first kappa shape index (κ1) is 25.1. The van der Waals surface area contributed by atoms with Crippen LogP contribution < -0.4 is 5.48 Å². The zero-order valence-corrected chi connectivity index (χ0v) is 20.2. The van der Waals surface area contributed by atoms with E-state index in [4.69, 9.17) is 35.4 Å². The number of hydrogen-bond acceptors (Lipinski definition) is 12. The molecule has 2 aliphatic rings. The van der Waals surface area contributed by atoms with Gasteiger partial charge in [-0.1, -0.05) is 12.8 Å². The molecule has 1 N–H and O–H groups in total. The standard InChI is InChI=1S/C21H26ClN5O8/c1-10(28)31-9-15-16(32-11(2)29)17(33-12(3)30)20(34-15)27-19-14(8-23-27)18(24-21(22)25-19)26-35-13-6-4-5-7-13/h8,13,15-17,20H,4-7,9H2,1-3H3,(H,24,25,26)/t15-,16-,17-,20-/m1/s1. The summed E-state index contributed by atoms with van der Waals surface area (Å²) in [6, 6.07) is 0. The lowest BCUT2D eigenvalue weighted by atomic mass is 10.1. The average Bonchev–Trinajstić information content (AvgIpc) is 3.50. The van der Waals surface area contributed by atoms with Crippen LogP contribution in [0.1, 0.15) is 52.7 Å². The molecule has 4 rings (SSSR count). The fraction of sp³-hybridized carbons (Fsp3) is 0.619. The van der Waals surface area contributed by atoms with Crippen LogP contribution in [0.5, 0.6) is 0 Å². The number of nitrogens with zero attached hydrogens (tertiary/aromatic N) is 4. The van der Waals surface area contributed by atoms with E-state index in [0.717, 1.165) is 25.7 Å². The van der Waals surface area contributed by atoms with Gasteiger partial charge in [0.15, 0.2) is 29.9 Å². The third-order valence-electron chi connectivity index (χ3n) is 5.63. The molecule has 4 atom stereocenters. The van der Waals surface area contributed by atoms with Gasteiger partial charge in [0.25, 0.3) is 0 Å². The van der Waals surface area contributed by atoms with Crippen LogP contribution in [0.2, 0.25) is 5.28 Å². The van der Waals surface area contributed by atoms with E-state index >= 15 is 0 Å². The smallest absolute Gasteiger partial charge is 0.303 e. The van der Waals surface area contributed by atoms with Crippen molar-refractivity contribution in [2.75, 3.05) is 12.1 Å². The molecular weight excluding hydrogens is 486 g/mol. The Labute approximate surface area is 205 Å². The number of ether oxygens (including phenoxy) is 4. The second-order valence-electron chi connectivity index (χ2n) is 8.31. The summed E-state index contributed by atoms with van der Waals surface area (Å²) in [4.78, 5) is 49.3. The minimum absolute atomic E-state index is 0.0619. The molecule has 0 radical (unpaired) electrons. The van der Waals surface area contributed by atoms with E-state index in [-0.39, 0.29) is 23.6 Å². The first-order valence-corrected chi connectivity index (χ1v) is 11.6. The van der Waals surface area contributed by atoms with Crippen LogP contribution >= 0.6 is 11.6 Å². The highest BCUT2D eigenvalue weighted by molar-refractivity contribution is 6.28. The van der Waals surface area contributed by atoms with Crippen LogP contribution in [-0.2, 0) is 38.2 Å². The third kappa shape index (κ3) is 5.80. The summed E-state index contributed by atoms with van der Waals surface area (Å²) in [6.45, 7) is 3.42. The lowest BCUT2D eigenvalue weighted by molar-refractivity contribution is -0.166. The van der Waals surface area contributed by atoms with Gasteiger partial charge in [0.05, 0.1) is 17.7 Å². The number of hydrogen-bond donors (Lipinski definition) is 1. The molecule has 0 bridgehead atoms. The molecule has 3 heterocycles. The highest BCUT2D eigenvalue weighted by Gasteiger charge is 2.51. The minimum Gasteiger partial charge on any atom is -0.463 e. The van der Waals surface area contributed by atoms with Crippen molar-refractivity contribution in [2.24, 2.45) is 0 Å². The second-order valence-corrected chi connectivity index (χ2v) is 8.65. The predicted molar refractivity (Wildman–Crippen MR) is 119 cm³/mol. The Morgan fingerprint density at radius 2 is 1.77 bits per heavy atom. The van der Waals surface area contributed by atoms with Crippen LogP contribution in [-0.4, -0.2) is 68.7 Å². The first-order valence-electron chi connectivity index (χ1n) is 11.2. The number of nitrogens with one attached hydrogen (secondary N) is 1. The number of carbonyl (C=O) groups is 3. The normalized spacial score (nSPS) is 24.5. The molecule has 0 spiro atoms. The molecule has 0 aromatic carbocycles. The third-order valence-corrected chi connectivity index (χ3v) is 5.80. The summed E-state index contributed by atoms with van der Waals surface area (Å²) >= 11 is 6.17. The summed E-state index contributed by atoms with van der Waals surface area (Å²) in [5, 5.41) is 4.75. The van der Waals surface area contributed by atoms with E-state index in [1.54, 1.807) is 0 Å². The van der Waals surface area contributed by atoms with Gasteiger partial charge < -0.3 is 18.9 Å². The SMILES string of the molecule is CC(=O)OC[C@H]1O[C@@H](n2ncc3c(NOC4CCCC4)nc(Cl)nc32)[C@H](OC(C)=O)[C@@H]1OC(C)=O. The van der Waals surface area contributed by atoms with Crippen molar-refractivity contribution in [1.82, 2.24) is 19.7 Å². The van der Waals surface area contributed by atoms with E-state index < -0.39 is 42.4 Å². The molecule has 2 fully saturated rings. The number of halogens is 1. The van der Waals surface area contributed by atoms with Gasteiger partial charge in [-0.2, -0.15) is 15.1 Å². The maximum Gasteiger partial charge on any atom is 0.303 e. The van der Waals surface area contributed by atoms with Crippen LogP contribution in [0.25, 0.3) is 11.0 Å². The number of fused-ring (bicyclic) bond motifs is 1. The van der Waals surface area contributed by atoms with E-state index in [1.165, 1.54) is 31.6 Å². The molecule has 0 unspecified atom stereocenters. The topological polar surface area (TPSA) is 153 Å². The Kier molecular flexibility index (Phi) is 7.67. The zero-order valence-electron chi connectivity index (χ0n) is 19.4. The maximum absolute atomic E-state index is 11.9. The zero-order chi connectivity index (χ0) is 25.1. The van der Waals surface area contributed by atoms with Crippen molar-refractivity contribution in [3.05, 3.63) is 11.5 Å². The Bertz CT molecular complexity index is 1100. The van der Waals surface area contributed by atoms with Crippen LogP contribution in [0, 0.1) is 0 Å². The molecule has 1 aliphatic heterocycles. The number of rotatable bonds is 8. The summed E-state index contributed by atoms with van der Waals surface area (Å²) < 4.78 is 23.3. The fourth-order valence-corrected chi connectivity index (χ4v) is 4.36. The molecule has 190 valence electrons. The Morgan fingerprint density at radius 3 is 2.43 bits per heavy atom. The Morgan fingerprint density at radius 1 is 1.09 bits per heavy atom. The minimum atomic E-state index is -1.11. The van der Waals surface area contributed by atoms with Gasteiger partial charge in [-0.25, -0.2) is 10.2 Å². The van der Waals surface area contributed by atoms with Crippen molar-refractivity contribution in [3.8, 4) is 0 Å². The van der Waals surface area contributed by atoms with Crippen LogP contribution in [0.4, 0.5) is 5.82 Å². The largest absolute Gasteiger partial charge is 0.463 e. The molecule has 13 nitrogen and oxygen atoms in total. The van der Waals surface area contributed by atoms with Crippen LogP contribution in [0.15, 0.2) is 6.20 Å². The van der Waals surface area contributed by atoms with Gasteiger partial charge in [-0.05, 0) is 24.4 Å². The molecule has 1 saturated heterocycles. The fourth-order valence-electron chi connectivity index (χ4n) is 4.20. The quantitative estimate of drug-likeness (QED) is 0.239. The van der Waals surface area contributed by atoms with Crippen molar-refractivity contribution in [3.63, 3.8) is 0 Å². The Balaban J connectivity index is 1.67. The first-order chi connectivity index (χ1) is 16.7. The molecule has 2 aromatic heterocycles. The average molecular weight is 512 g/mol. The van der Waals surface area contributed by atoms with Crippen molar-refractivity contribution < 1.29 is 38.2 Å². The highest BCUT2D eigenvalue weighted by Crippen LogP contribution is 2.36. The summed E-state index contributed by atoms with van der Waals surface area (Å²) in [5.41, 5.74) is 3.12. The van der Waals surface area contributed by atoms with Gasteiger partial charge in [-0.3, -0.25) is 19.2 Å². The van der Waals surface area contributed by atoms with Crippen molar-refractivity contribution in [2.45, 2.75) is 77.1 Å². The highest BCUT2D eigenvalue weighted by atomic mass is 35.5. The summed E-state index contributed by atoms with van der Waals surface area (Å²) in [7, 11) is 0. The summed E-state index contributed by atoms with van der Waals surface area (Å²) in [6.07, 6.45) is 1.43. The van der Waals surface area contributed by atoms with Crippen LogP contribution in [0.3, 0.4) is 0 Å². The molecule has 35 heavy (non-hydrogen) atoms. The number of aromatic nitrogens is 4. The van der Waals surface area contributed by atoms with E-state index in [9.17, 15) is 14.4 Å². The van der Waals surface area contributed by atoms with E-state index in [2.05, 4.69) is 20.5 Å². The van der Waals surface area contributed by atoms with Gasteiger partial charge in [0.1, 0.15) is 12.7 Å². The second kappa shape index (κ2) is 10.7. The number of anilines is 1. The van der Waals surface area contributed by atoms with Gasteiger partial charge >= 0.3 is 17.9 Å². The molecule has 1 aliphatic carbocycles. The number of carbonyl (C=O) groups excluding carboxylic acids is 3. The molecule has 2 aromatic rings. The van der Waals surface area contributed by atoms with E-state index in [1.807, 2.05) is 0 Å². The predicted octanol–water partition coefficient (Wildman–Crippen LogP) is 2.09. The monoisotopic (exact) mass is 511 g/mol.